The molecule has 3 nitrogen and oxygen atoms in total. The number of rotatable bonds is 3. The fourth-order valence-corrected chi connectivity index (χ4v) is 1.17. The third-order valence-corrected chi connectivity index (χ3v) is 1.83. The molecule has 1 rings (SSSR count). The second-order valence-corrected chi connectivity index (χ2v) is 2.74. The Morgan fingerprint density at radius 2 is 2.14 bits per heavy atom. The molecule has 1 aromatic carbocycles. The number of esters is 1. The first-order valence-corrected chi connectivity index (χ1v) is 4.40. The highest BCUT2D eigenvalue weighted by Crippen LogP contribution is 2.17. The molecule has 0 amide bonds. The summed E-state index contributed by atoms with van der Waals surface area (Å²) >= 11 is 4.47. The molecule has 0 aliphatic heterocycles. The van der Waals surface area contributed by atoms with Crippen LogP contribution in [0.25, 0.3) is 0 Å². The smallest absolute Gasteiger partial charge is 0.336 e. The van der Waals surface area contributed by atoms with Gasteiger partial charge in [-0.1, -0.05) is 30.3 Å². The molecule has 72 valence electrons. The second-order valence-electron chi connectivity index (χ2n) is 2.56. The molecule has 0 aliphatic carbocycles. The van der Waals surface area contributed by atoms with E-state index in [1.165, 1.54) is 7.11 Å². The first kappa shape index (κ1) is 10.6. The SMILES string of the molecule is COC(=O)C(N=C=S)c1ccccc1. The maximum absolute atomic E-state index is 11.3. The van der Waals surface area contributed by atoms with Gasteiger partial charge in [-0.15, -0.1) is 0 Å². The number of methoxy groups -OCH3 is 1. The lowest BCUT2D eigenvalue weighted by atomic mass is 10.1. The summed E-state index contributed by atoms with van der Waals surface area (Å²) in [7, 11) is 1.32. The lowest BCUT2D eigenvalue weighted by Crippen LogP contribution is -2.11. The summed E-state index contributed by atoms with van der Waals surface area (Å²) in [4.78, 5) is 15.1. The Bertz CT molecular complexity index is 358. The summed E-state index contributed by atoms with van der Waals surface area (Å²) in [5.74, 6) is -0.437. The molecular formula is C10H9NO2S. The molecule has 0 heterocycles. The Morgan fingerprint density at radius 1 is 1.50 bits per heavy atom. The lowest BCUT2D eigenvalue weighted by molar-refractivity contribution is -0.142. The van der Waals surface area contributed by atoms with E-state index in [4.69, 9.17) is 0 Å². The van der Waals surface area contributed by atoms with E-state index in [-0.39, 0.29) is 0 Å². The van der Waals surface area contributed by atoms with E-state index in [0.29, 0.717) is 0 Å². The molecule has 0 saturated carbocycles. The van der Waals surface area contributed by atoms with Crippen molar-refractivity contribution in [1.29, 1.82) is 0 Å². The van der Waals surface area contributed by atoms with E-state index in [1.807, 2.05) is 18.2 Å². The van der Waals surface area contributed by atoms with Crippen LogP contribution in [-0.4, -0.2) is 18.2 Å². The number of carbonyl (C=O) groups is 1. The summed E-state index contributed by atoms with van der Waals surface area (Å²) in [5, 5.41) is 2.19. The van der Waals surface area contributed by atoms with Gasteiger partial charge in [0.15, 0.2) is 6.04 Å². The van der Waals surface area contributed by atoms with Gasteiger partial charge < -0.3 is 4.74 Å². The van der Waals surface area contributed by atoms with E-state index in [0.717, 1.165) is 5.56 Å². The number of isothiocyanates is 1. The zero-order valence-corrected chi connectivity index (χ0v) is 8.45. The number of hydrogen-bond donors (Lipinski definition) is 0. The highest BCUT2D eigenvalue weighted by molar-refractivity contribution is 7.78. The van der Waals surface area contributed by atoms with Gasteiger partial charge in [-0.3, -0.25) is 0 Å². The fraction of sp³-hybridized carbons (Fsp3) is 0.200. The molecule has 0 bridgehead atoms. The molecule has 4 heteroatoms. The van der Waals surface area contributed by atoms with Crippen molar-refractivity contribution < 1.29 is 9.53 Å². The van der Waals surface area contributed by atoms with Crippen LogP contribution < -0.4 is 0 Å². The number of ether oxygens (including phenoxy) is 1. The average Bonchev–Trinajstić information content (AvgIpc) is 2.26. The largest absolute Gasteiger partial charge is 0.467 e. The van der Waals surface area contributed by atoms with Gasteiger partial charge in [0.1, 0.15) is 0 Å². The van der Waals surface area contributed by atoms with E-state index in [1.54, 1.807) is 12.1 Å². The van der Waals surface area contributed by atoms with Gasteiger partial charge in [-0.2, -0.15) is 0 Å². The molecule has 1 unspecified atom stereocenters. The average molecular weight is 207 g/mol. The summed E-state index contributed by atoms with van der Waals surface area (Å²) in [5.41, 5.74) is 0.747. The van der Waals surface area contributed by atoms with Gasteiger partial charge in [0.25, 0.3) is 0 Å². The second kappa shape index (κ2) is 5.27. The molecule has 0 aromatic heterocycles. The van der Waals surface area contributed by atoms with E-state index in [9.17, 15) is 4.79 Å². The number of hydrogen-bond acceptors (Lipinski definition) is 4. The molecule has 0 aliphatic rings. The Hall–Kier alpha value is -1.51. The van der Waals surface area contributed by atoms with Crippen molar-refractivity contribution in [3.05, 3.63) is 35.9 Å². The predicted octanol–water partition coefficient (Wildman–Crippen LogP) is 2.00. The van der Waals surface area contributed by atoms with Crippen molar-refractivity contribution in [2.75, 3.05) is 7.11 Å². The lowest BCUT2D eigenvalue weighted by Gasteiger charge is -2.07. The van der Waals surface area contributed by atoms with Crippen LogP contribution in [0.3, 0.4) is 0 Å². The van der Waals surface area contributed by atoms with Crippen LogP contribution in [0.2, 0.25) is 0 Å². The monoisotopic (exact) mass is 207 g/mol. The third-order valence-electron chi connectivity index (χ3n) is 1.72. The number of nitrogens with zero attached hydrogens (tertiary/aromatic N) is 1. The van der Waals surface area contributed by atoms with Crippen molar-refractivity contribution >= 4 is 23.3 Å². The number of thiocarbonyl (C=S) groups is 1. The minimum atomic E-state index is -0.696. The summed E-state index contributed by atoms with van der Waals surface area (Å²) in [6.07, 6.45) is 0. The standard InChI is InChI=1S/C10H9NO2S/c1-13-10(12)9(11-7-14)8-5-3-2-4-6-8/h2-6,9H,1H3. The summed E-state index contributed by atoms with van der Waals surface area (Å²) in [6.45, 7) is 0. The van der Waals surface area contributed by atoms with Crippen molar-refractivity contribution in [3.8, 4) is 0 Å². The Morgan fingerprint density at radius 3 is 2.64 bits per heavy atom. The summed E-state index contributed by atoms with van der Waals surface area (Å²) < 4.78 is 4.60. The Labute approximate surface area is 87.4 Å². The predicted molar refractivity (Wildman–Crippen MR) is 56.2 cm³/mol. The highest BCUT2D eigenvalue weighted by Gasteiger charge is 2.19. The van der Waals surface area contributed by atoms with Crippen molar-refractivity contribution in [2.45, 2.75) is 6.04 Å². The zero-order chi connectivity index (χ0) is 10.4. The molecule has 14 heavy (non-hydrogen) atoms. The van der Waals surface area contributed by atoms with E-state index >= 15 is 0 Å². The molecule has 1 atom stereocenters. The van der Waals surface area contributed by atoms with Gasteiger partial charge in [0.05, 0.1) is 12.3 Å². The molecule has 0 fully saturated rings. The maximum atomic E-state index is 11.3. The van der Waals surface area contributed by atoms with Crippen molar-refractivity contribution in [1.82, 2.24) is 0 Å². The van der Waals surface area contributed by atoms with Gasteiger partial charge in [-0.25, -0.2) is 9.79 Å². The van der Waals surface area contributed by atoms with Crippen LogP contribution in [0.1, 0.15) is 11.6 Å². The first-order valence-electron chi connectivity index (χ1n) is 3.99. The van der Waals surface area contributed by atoms with Gasteiger partial charge >= 0.3 is 5.97 Å². The topological polar surface area (TPSA) is 38.7 Å². The highest BCUT2D eigenvalue weighted by atomic mass is 32.1. The Kier molecular flexibility index (Phi) is 3.98. The number of carbonyl (C=O) groups excluding carboxylic acids is 1. The van der Waals surface area contributed by atoms with Gasteiger partial charge in [0.2, 0.25) is 0 Å². The quantitative estimate of drug-likeness (QED) is 0.432. The minimum Gasteiger partial charge on any atom is -0.467 e. The zero-order valence-electron chi connectivity index (χ0n) is 7.64. The molecule has 1 aromatic rings. The fourth-order valence-electron chi connectivity index (χ4n) is 1.06. The van der Waals surface area contributed by atoms with Crippen molar-refractivity contribution in [2.24, 2.45) is 4.99 Å². The van der Waals surface area contributed by atoms with Gasteiger partial charge in [-0.05, 0) is 17.8 Å². The van der Waals surface area contributed by atoms with Crippen LogP contribution in [0.4, 0.5) is 0 Å². The number of aliphatic imine (C=N–C) groups is 1. The molecule has 0 spiro atoms. The van der Waals surface area contributed by atoms with Crippen LogP contribution in [0, 0.1) is 0 Å². The number of benzene rings is 1. The van der Waals surface area contributed by atoms with E-state index in [2.05, 4.69) is 27.1 Å². The molecule has 0 radical (unpaired) electrons. The van der Waals surface area contributed by atoms with Crippen LogP contribution >= 0.6 is 12.2 Å². The normalized spacial score (nSPS) is 11.2. The van der Waals surface area contributed by atoms with Crippen LogP contribution in [0.15, 0.2) is 35.3 Å². The molecular weight excluding hydrogens is 198 g/mol. The summed E-state index contributed by atoms with van der Waals surface area (Å²) in [6, 6.07) is 8.39. The third kappa shape index (κ3) is 2.49. The van der Waals surface area contributed by atoms with Gasteiger partial charge in [0, 0.05) is 0 Å². The van der Waals surface area contributed by atoms with E-state index < -0.39 is 12.0 Å². The molecule has 0 N–H and O–H groups in total. The molecule has 0 saturated heterocycles. The van der Waals surface area contributed by atoms with Crippen LogP contribution in [0.5, 0.6) is 0 Å². The first-order chi connectivity index (χ1) is 6.79. The maximum Gasteiger partial charge on any atom is 0.336 e. The van der Waals surface area contributed by atoms with Crippen LogP contribution in [-0.2, 0) is 9.53 Å². The minimum absolute atomic E-state index is 0.437. The Balaban J connectivity index is 3.00. The van der Waals surface area contributed by atoms with Crippen molar-refractivity contribution in [3.63, 3.8) is 0 Å².